The van der Waals surface area contributed by atoms with E-state index in [4.69, 9.17) is 21.1 Å². The van der Waals surface area contributed by atoms with Crippen LogP contribution in [0.3, 0.4) is 0 Å². The Bertz CT molecular complexity index is 999. The van der Waals surface area contributed by atoms with Gasteiger partial charge in [-0.3, -0.25) is 4.79 Å². The normalized spacial score (nSPS) is 12.2. The molecular formula is C26H35ClN2O4. The first-order chi connectivity index (χ1) is 15.3. The molecule has 0 aliphatic rings. The van der Waals surface area contributed by atoms with Crippen LogP contribution >= 0.6 is 11.6 Å². The molecule has 33 heavy (non-hydrogen) atoms. The number of rotatable bonds is 7. The van der Waals surface area contributed by atoms with Crippen molar-refractivity contribution in [1.82, 2.24) is 5.43 Å². The predicted octanol–water partition coefficient (Wildman–Crippen LogP) is 5.74. The van der Waals surface area contributed by atoms with Crippen LogP contribution in [0.25, 0.3) is 0 Å². The quantitative estimate of drug-likeness (QED) is 0.396. The van der Waals surface area contributed by atoms with E-state index in [2.05, 4.69) is 52.1 Å². The summed E-state index contributed by atoms with van der Waals surface area (Å²) in [5.41, 5.74) is 5.57. The number of hydrogen-bond donors (Lipinski definition) is 2. The summed E-state index contributed by atoms with van der Waals surface area (Å²) in [6, 6.07) is 7.38. The molecule has 2 rings (SSSR count). The molecule has 0 aliphatic carbocycles. The summed E-state index contributed by atoms with van der Waals surface area (Å²) < 4.78 is 10.5. The largest absolute Gasteiger partial charge is 0.507 e. The molecule has 7 heteroatoms. The number of hydrogen-bond acceptors (Lipinski definition) is 5. The van der Waals surface area contributed by atoms with Gasteiger partial charge in [0.2, 0.25) is 5.91 Å². The summed E-state index contributed by atoms with van der Waals surface area (Å²) in [5, 5.41) is 15.3. The zero-order valence-electron chi connectivity index (χ0n) is 20.8. The standard InChI is InChI=1S/C26H35ClN2O4/c1-25(2,3)18-11-16(12-19(23(18)31)26(4,5)6)9-10-22(30)29-28-15-17-13-20(27)24(33-8)21(14-17)32-7/h11-15,31H,9-10H2,1-8H3,(H,29,30)/b28-15-. The van der Waals surface area contributed by atoms with E-state index in [0.717, 1.165) is 16.7 Å². The van der Waals surface area contributed by atoms with Crippen LogP contribution in [-0.4, -0.2) is 31.4 Å². The van der Waals surface area contributed by atoms with Gasteiger partial charge in [0.25, 0.3) is 0 Å². The van der Waals surface area contributed by atoms with Gasteiger partial charge in [-0.05, 0) is 51.6 Å². The lowest BCUT2D eigenvalue weighted by Crippen LogP contribution is -2.20. The highest BCUT2D eigenvalue weighted by Crippen LogP contribution is 2.40. The van der Waals surface area contributed by atoms with Crippen molar-refractivity contribution in [2.75, 3.05) is 14.2 Å². The summed E-state index contributed by atoms with van der Waals surface area (Å²) in [5.74, 6) is 1.05. The van der Waals surface area contributed by atoms with Gasteiger partial charge in [-0.2, -0.15) is 5.10 Å². The van der Waals surface area contributed by atoms with Crippen LogP contribution in [0.1, 0.15) is 70.2 Å². The first-order valence-electron chi connectivity index (χ1n) is 10.9. The molecule has 1 amide bonds. The number of methoxy groups -OCH3 is 2. The van der Waals surface area contributed by atoms with E-state index in [1.54, 1.807) is 12.1 Å². The molecule has 2 aromatic carbocycles. The molecule has 0 heterocycles. The fraction of sp³-hybridized carbons (Fsp3) is 0.462. The Hall–Kier alpha value is -2.73. The SMILES string of the molecule is COc1cc(/C=N\NC(=O)CCc2cc(C(C)(C)C)c(O)c(C(C)(C)C)c2)cc(Cl)c1OC. The monoisotopic (exact) mass is 474 g/mol. The molecule has 0 atom stereocenters. The molecule has 0 fully saturated rings. The van der Waals surface area contributed by atoms with E-state index in [9.17, 15) is 9.90 Å². The first kappa shape index (κ1) is 26.5. The average molecular weight is 475 g/mol. The van der Waals surface area contributed by atoms with Crippen molar-refractivity contribution in [3.63, 3.8) is 0 Å². The van der Waals surface area contributed by atoms with Crippen LogP contribution in [0.4, 0.5) is 0 Å². The van der Waals surface area contributed by atoms with Gasteiger partial charge in [-0.25, -0.2) is 5.43 Å². The summed E-state index contributed by atoms with van der Waals surface area (Å²) in [6.07, 6.45) is 2.31. The van der Waals surface area contributed by atoms with Crippen molar-refractivity contribution >= 4 is 23.7 Å². The van der Waals surface area contributed by atoms with Crippen molar-refractivity contribution in [1.29, 1.82) is 0 Å². The smallest absolute Gasteiger partial charge is 0.240 e. The van der Waals surface area contributed by atoms with E-state index in [-0.39, 0.29) is 23.2 Å². The molecular weight excluding hydrogens is 440 g/mol. The minimum Gasteiger partial charge on any atom is -0.507 e. The van der Waals surface area contributed by atoms with E-state index >= 15 is 0 Å². The number of nitrogens with zero attached hydrogens (tertiary/aromatic N) is 1. The second-order valence-corrected chi connectivity index (χ2v) is 10.5. The Kier molecular flexibility index (Phi) is 8.41. The molecule has 0 saturated heterocycles. The zero-order chi connectivity index (χ0) is 25.0. The highest BCUT2D eigenvalue weighted by atomic mass is 35.5. The Morgan fingerprint density at radius 1 is 1.03 bits per heavy atom. The Labute approximate surface area is 201 Å². The Morgan fingerprint density at radius 3 is 2.09 bits per heavy atom. The average Bonchev–Trinajstić information content (AvgIpc) is 2.70. The van der Waals surface area contributed by atoms with Crippen molar-refractivity contribution in [3.05, 3.63) is 51.5 Å². The van der Waals surface area contributed by atoms with Gasteiger partial charge in [0.05, 0.1) is 25.5 Å². The predicted molar refractivity (Wildman–Crippen MR) is 134 cm³/mol. The van der Waals surface area contributed by atoms with Crippen molar-refractivity contribution in [2.45, 2.75) is 65.2 Å². The minimum atomic E-state index is -0.215. The molecule has 180 valence electrons. The first-order valence-corrected chi connectivity index (χ1v) is 11.3. The highest BCUT2D eigenvalue weighted by Gasteiger charge is 2.26. The highest BCUT2D eigenvalue weighted by molar-refractivity contribution is 6.32. The second-order valence-electron chi connectivity index (χ2n) is 10.1. The molecule has 0 unspecified atom stereocenters. The summed E-state index contributed by atoms with van der Waals surface area (Å²) >= 11 is 6.20. The molecule has 0 radical (unpaired) electrons. The lowest BCUT2D eigenvalue weighted by atomic mass is 9.78. The van der Waals surface area contributed by atoms with Crippen LogP contribution in [0.5, 0.6) is 17.2 Å². The van der Waals surface area contributed by atoms with Crippen molar-refractivity contribution in [3.8, 4) is 17.2 Å². The summed E-state index contributed by atoms with van der Waals surface area (Å²) in [7, 11) is 3.04. The molecule has 0 aromatic heterocycles. The molecule has 0 bridgehead atoms. The number of phenolic OH excluding ortho intramolecular Hbond substituents is 1. The molecule has 6 nitrogen and oxygen atoms in total. The molecule has 2 aromatic rings. The maximum absolute atomic E-state index is 12.4. The van der Waals surface area contributed by atoms with Crippen LogP contribution in [0.2, 0.25) is 5.02 Å². The maximum atomic E-state index is 12.4. The number of benzene rings is 2. The number of halogens is 1. The number of carbonyl (C=O) groups excluding carboxylic acids is 1. The van der Waals surface area contributed by atoms with E-state index in [0.29, 0.717) is 34.3 Å². The number of hydrazone groups is 1. The van der Waals surface area contributed by atoms with Gasteiger partial charge >= 0.3 is 0 Å². The fourth-order valence-corrected chi connectivity index (χ4v) is 3.78. The molecule has 0 aliphatic heterocycles. The number of aromatic hydroxyl groups is 1. The Morgan fingerprint density at radius 2 is 1.61 bits per heavy atom. The molecule has 0 saturated carbocycles. The zero-order valence-corrected chi connectivity index (χ0v) is 21.6. The van der Waals surface area contributed by atoms with Gasteiger partial charge in [-0.15, -0.1) is 0 Å². The third-order valence-electron chi connectivity index (χ3n) is 5.29. The lowest BCUT2D eigenvalue weighted by molar-refractivity contribution is -0.121. The van der Waals surface area contributed by atoms with Gasteiger partial charge in [-0.1, -0.05) is 65.3 Å². The number of aryl methyl sites for hydroxylation is 1. The van der Waals surface area contributed by atoms with Crippen molar-refractivity contribution in [2.24, 2.45) is 5.10 Å². The van der Waals surface area contributed by atoms with Crippen LogP contribution in [0, 0.1) is 0 Å². The van der Waals surface area contributed by atoms with Crippen LogP contribution < -0.4 is 14.9 Å². The summed E-state index contributed by atoms with van der Waals surface area (Å²) in [4.78, 5) is 12.4. The second kappa shape index (κ2) is 10.5. The van der Waals surface area contributed by atoms with Gasteiger partial charge in [0, 0.05) is 6.42 Å². The van der Waals surface area contributed by atoms with E-state index in [1.165, 1.54) is 20.4 Å². The molecule has 2 N–H and O–H groups in total. The lowest BCUT2D eigenvalue weighted by Gasteiger charge is -2.28. The van der Waals surface area contributed by atoms with E-state index in [1.807, 2.05) is 12.1 Å². The third kappa shape index (κ3) is 6.87. The maximum Gasteiger partial charge on any atom is 0.240 e. The number of carbonyl (C=O) groups is 1. The third-order valence-corrected chi connectivity index (χ3v) is 5.57. The minimum absolute atomic E-state index is 0.208. The van der Waals surface area contributed by atoms with Gasteiger partial charge < -0.3 is 14.6 Å². The Balaban J connectivity index is 2.12. The summed E-state index contributed by atoms with van der Waals surface area (Å²) in [6.45, 7) is 12.4. The molecule has 0 spiro atoms. The fourth-order valence-electron chi connectivity index (χ4n) is 3.49. The van der Waals surface area contributed by atoms with Gasteiger partial charge in [0.15, 0.2) is 11.5 Å². The van der Waals surface area contributed by atoms with E-state index < -0.39 is 0 Å². The van der Waals surface area contributed by atoms with Crippen LogP contribution in [0.15, 0.2) is 29.4 Å². The van der Waals surface area contributed by atoms with Crippen LogP contribution in [-0.2, 0) is 22.0 Å². The number of phenols is 1. The number of nitrogens with one attached hydrogen (secondary N) is 1. The van der Waals surface area contributed by atoms with Crippen molar-refractivity contribution < 1.29 is 19.4 Å². The number of amides is 1. The van der Waals surface area contributed by atoms with Gasteiger partial charge in [0.1, 0.15) is 5.75 Å². The topological polar surface area (TPSA) is 80.2 Å². The number of ether oxygens (including phenoxy) is 2.